The lowest BCUT2D eigenvalue weighted by molar-refractivity contribution is -0.151. The van der Waals surface area contributed by atoms with Gasteiger partial charge in [0, 0.05) is 19.1 Å². The van der Waals surface area contributed by atoms with E-state index in [-0.39, 0.29) is 5.97 Å². The van der Waals surface area contributed by atoms with Crippen LogP contribution in [0.4, 0.5) is 0 Å². The molecule has 0 aromatic carbocycles. The van der Waals surface area contributed by atoms with Gasteiger partial charge in [-0.25, -0.2) is 4.79 Å². The number of nitrogens with zero attached hydrogens (tertiary/aromatic N) is 2. The van der Waals surface area contributed by atoms with Crippen molar-refractivity contribution in [1.29, 1.82) is 0 Å². The Labute approximate surface area is 128 Å². The number of likely N-dealkylation sites (N-methyl/N-ethyl adjacent to an activating group) is 2. The molecule has 2 rings (SSSR count). The summed E-state index contributed by atoms with van der Waals surface area (Å²) in [6, 6.07) is 0.602. The van der Waals surface area contributed by atoms with Gasteiger partial charge in [0.05, 0.1) is 6.61 Å². The molecule has 2 aliphatic rings. The van der Waals surface area contributed by atoms with Crippen molar-refractivity contribution in [2.45, 2.75) is 51.1 Å². The zero-order valence-corrected chi connectivity index (χ0v) is 13.8. The Balaban J connectivity index is 1.92. The first-order chi connectivity index (χ1) is 10.0. The van der Waals surface area contributed by atoms with Crippen LogP contribution in [-0.2, 0) is 9.53 Å². The molecule has 1 aliphatic carbocycles. The smallest absolute Gasteiger partial charge is 0.327 e. The third-order valence-corrected chi connectivity index (χ3v) is 4.92. The molecule has 0 bridgehead atoms. The van der Waals surface area contributed by atoms with Crippen molar-refractivity contribution in [1.82, 2.24) is 9.80 Å². The summed E-state index contributed by atoms with van der Waals surface area (Å²) in [6.07, 6.45) is 4.63. The van der Waals surface area contributed by atoms with E-state index in [0.29, 0.717) is 25.1 Å². The standard InChI is InChI=1S/C16H31N3O2/c1-4-19-10-6-7-14(19)11-18(3)12-16(17,13-8-9-13)15(20)21-5-2/h13-14H,4-12,17H2,1-3H3. The van der Waals surface area contributed by atoms with Gasteiger partial charge in [0.2, 0.25) is 0 Å². The Bertz CT molecular complexity index is 359. The largest absolute Gasteiger partial charge is 0.465 e. The van der Waals surface area contributed by atoms with E-state index in [1.165, 1.54) is 19.4 Å². The van der Waals surface area contributed by atoms with Crippen LogP contribution in [0.25, 0.3) is 0 Å². The molecule has 2 atom stereocenters. The average molecular weight is 297 g/mol. The molecule has 1 saturated carbocycles. The molecule has 5 heteroatoms. The summed E-state index contributed by atoms with van der Waals surface area (Å²) in [5, 5.41) is 0. The molecule has 1 heterocycles. The lowest BCUT2D eigenvalue weighted by Gasteiger charge is -2.34. The molecule has 1 aliphatic heterocycles. The maximum absolute atomic E-state index is 12.3. The van der Waals surface area contributed by atoms with Gasteiger partial charge in [0.1, 0.15) is 5.54 Å². The number of hydrogen-bond acceptors (Lipinski definition) is 5. The summed E-state index contributed by atoms with van der Waals surface area (Å²) in [5.41, 5.74) is 5.63. The van der Waals surface area contributed by atoms with E-state index in [2.05, 4.69) is 23.8 Å². The maximum atomic E-state index is 12.3. The molecule has 0 amide bonds. The molecule has 1 saturated heterocycles. The molecule has 0 aromatic rings. The predicted octanol–water partition coefficient (Wildman–Crippen LogP) is 1.07. The van der Waals surface area contributed by atoms with Gasteiger partial charge in [-0.2, -0.15) is 0 Å². The fourth-order valence-corrected chi connectivity index (χ4v) is 3.61. The second-order valence-electron chi connectivity index (χ2n) is 6.66. The second kappa shape index (κ2) is 7.07. The Morgan fingerprint density at radius 2 is 2.10 bits per heavy atom. The summed E-state index contributed by atoms with van der Waals surface area (Å²) in [5.74, 6) is 0.0722. The van der Waals surface area contributed by atoms with Crippen molar-refractivity contribution < 1.29 is 9.53 Å². The van der Waals surface area contributed by atoms with Crippen molar-refractivity contribution in [3.8, 4) is 0 Å². The Kier molecular flexibility index (Phi) is 5.63. The summed E-state index contributed by atoms with van der Waals surface area (Å²) >= 11 is 0. The molecule has 5 nitrogen and oxygen atoms in total. The van der Waals surface area contributed by atoms with E-state index in [0.717, 1.165) is 25.9 Å². The van der Waals surface area contributed by atoms with Gasteiger partial charge >= 0.3 is 5.97 Å². The van der Waals surface area contributed by atoms with Gasteiger partial charge in [-0.05, 0) is 58.7 Å². The normalized spacial score (nSPS) is 26.0. The van der Waals surface area contributed by atoms with Crippen molar-refractivity contribution in [2.75, 3.05) is 39.8 Å². The Morgan fingerprint density at radius 3 is 2.67 bits per heavy atom. The topological polar surface area (TPSA) is 58.8 Å². The SMILES string of the molecule is CCOC(=O)C(N)(CN(C)CC1CCCN1CC)C1CC1. The summed E-state index contributed by atoms with van der Waals surface area (Å²) in [4.78, 5) is 17.0. The highest BCUT2D eigenvalue weighted by Crippen LogP contribution is 2.39. The van der Waals surface area contributed by atoms with Crippen molar-refractivity contribution in [3.05, 3.63) is 0 Å². The predicted molar refractivity (Wildman–Crippen MR) is 84.0 cm³/mol. The zero-order valence-electron chi connectivity index (χ0n) is 13.8. The monoisotopic (exact) mass is 297 g/mol. The summed E-state index contributed by atoms with van der Waals surface area (Å²) < 4.78 is 5.22. The van der Waals surface area contributed by atoms with E-state index in [1.807, 2.05) is 6.92 Å². The molecule has 21 heavy (non-hydrogen) atoms. The van der Waals surface area contributed by atoms with Crippen LogP contribution in [0.2, 0.25) is 0 Å². The van der Waals surface area contributed by atoms with Crippen LogP contribution in [0.5, 0.6) is 0 Å². The van der Waals surface area contributed by atoms with E-state index < -0.39 is 5.54 Å². The van der Waals surface area contributed by atoms with Gasteiger partial charge in [-0.3, -0.25) is 4.90 Å². The Morgan fingerprint density at radius 1 is 1.38 bits per heavy atom. The number of rotatable bonds is 8. The second-order valence-corrected chi connectivity index (χ2v) is 6.66. The molecule has 0 radical (unpaired) electrons. The fourth-order valence-electron chi connectivity index (χ4n) is 3.61. The van der Waals surface area contributed by atoms with Crippen LogP contribution in [0.15, 0.2) is 0 Å². The van der Waals surface area contributed by atoms with Crippen LogP contribution in [0.3, 0.4) is 0 Å². The average Bonchev–Trinajstić information content (AvgIpc) is 3.21. The molecule has 0 aromatic heterocycles. The van der Waals surface area contributed by atoms with E-state index in [1.54, 1.807) is 0 Å². The minimum Gasteiger partial charge on any atom is -0.465 e. The zero-order chi connectivity index (χ0) is 15.5. The third-order valence-electron chi connectivity index (χ3n) is 4.92. The minimum atomic E-state index is -0.819. The van der Waals surface area contributed by atoms with Crippen molar-refractivity contribution in [3.63, 3.8) is 0 Å². The van der Waals surface area contributed by atoms with Crippen LogP contribution in [0, 0.1) is 5.92 Å². The van der Waals surface area contributed by atoms with Crippen LogP contribution in [0.1, 0.15) is 39.5 Å². The van der Waals surface area contributed by atoms with Crippen LogP contribution >= 0.6 is 0 Å². The van der Waals surface area contributed by atoms with Gasteiger partial charge in [-0.15, -0.1) is 0 Å². The van der Waals surface area contributed by atoms with E-state index in [4.69, 9.17) is 10.5 Å². The number of ether oxygens (including phenoxy) is 1. The lowest BCUT2D eigenvalue weighted by atomic mass is 9.93. The molecule has 122 valence electrons. The first kappa shape index (κ1) is 16.7. The van der Waals surface area contributed by atoms with Gasteiger partial charge in [0.15, 0.2) is 0 Å². The van der Waals surface area contributed by atoms with Gasteiger partial charge < -0.3 is 15.4 Å². The first-order valence-corrected chi connectivity index (χ1v) is 8.40. The minimum absolute atomic E-state index is 0.224. The number of esters is 1. The molecule has 2 N–H and O–H groups in total. The maximum Gasteiger partial charge on any atom is 0.327 e. The number of likely N-dealkylation sites (tertiary alicyclic amines) is 1. The molecule has 0 spiro atoms. The number of hydrogen-bond donors (Lipinski definition) is 1. The van der Waals surface area contributed by atoms with Crippen molar-refractivity contribution in [2.24, 2.45) is 11.7 Å². The van der Waals surface area contributed by atoms with E-state index >= 15 is 0 Å². The fraction of sp³-hybridized carbons (Fsp3) is 0.938. The van der Waals surface area contributed by atoms with E-state index in [9.17, 15) is 4.79 Å². The van der Waals surface area contributed by atoms with Crippen molar-refractivity contribution >= 4 is 5.97 Å². The highest BCUT2D eigenvalue weighted by molar-refractivity contribution is 5.82. The molecule has 2 unspecified atom stereocenters. The highest BCUT2D eigenvalue weighted by Gasteiger charge is 2.49. The quantitative estimate of drug-likeness (QED) is 0.679. The molecular formula is C16H31N3O2. The first-order valence-electron chi connectivity index (χ1n) is 8.40. The summed E-state index contributed by atoms with van der Waals surface area (Å²) in [6.45, 7) is 8.35. The molecular weight excluding hydrogens is 266 g/mol. The molecule has 2 fully saturated rings. The van der Waals surface area contributed by atoms with Gasteiger partial charge in [0.25, 0.3) is 0 Å². The van der Waals surface area contributed by atoms with Crippen LogP contribution < -0.4 is 5.73 Å². The highest BCUT2D eigenvalue weighted by atomic mass is 16.5. The number of carbonyl (C=O) groups is 1. The lowest BCUT2D eigenvalue weighted by Crippen LogP contribution is -2.59. The van der Waals surface area contributed by atoms with Crippen LogP contribution in [-0.4, -0.2) is 67.2 Å². The third kappa shape index (κ3) is 3.96. The Hall–Kier alpha value is -0.650. The van der Waals surface area contributed by atoms with Gasteiger partial charge in [-0.1, -0.05) is 6.92 Å². The number of nitrogens with two attached hydrogens (primary N) is 1. The summed E-state index contributed by atoms with van der Waals surface area (Å²) in [7, 11) is 2.08. The number of carbonyl (C=O) groups excluding carboxylic acids is 1.